The zero-order valence-electron chi connectivity index (χ0n) is 11.1. The Hall–Kier alpha value is -1.94. The van der Waals surface area contributed by atoms with Crippen molar-refractivity contribution >= 4 is 27.3 Å². The fourth-order valence-electron chi connectivity index (χ4n) is 2.73. The Kier molecular flexibility index (Phi) is 2.82. The van der Waals surface area contributed by atoms with E-state index >= 15 is 0 Å². The van der Waals surface area contributed by atoms with Crippen molar-refractivity contribution in [1.82, 2.24) is 14.8 Å². The third-order valence-electron chi connectivity index (χ3n) is 3.78. The SMILES string of the molecule is O=[N+]([O-])c1ccc(-c2nc3n(n2)[C@H]2CS(=O)(=O)C[C@H]2S3)cc1. The van der Waals surface area contributed by atoms with E-state index in [9.17, 15) is 18.5 Å². The lowest BCUT2D eigenvalue weighted by Crippen LogP contribution is -2.14. The number of benzene rings is 1. The molecule has 1 saturated heterocycles. The molecular formula is C12H10N4O4S2. The summed E-state index contributed by atoms with van der Waals surface area (Å²) < 4.78 is 25.1. The zero-order chi connectivity index (χ0) is 15.5. The smallest absolute Gasteiger partial charge is 0.258 e. The summed E-state index contributed by atoms with van der Waals surface area (Å²) in [5, 5.41) is 15.8. The van der Waals surface area contributed by atoms with Gasteiger partial charge >= 0.3 is 0 Å². The number of rotatable bonds is 2. The Morgan fingerprint density at radius 3 is 2.68 bits per heavy atom. The standard InChI is InChI=1S/C12H10N4O4S2/c17-16(18)8-3-1-7(2-4-8)11-13-12-15(14-11)9-5-22(19,20)6-10(9)21-12/h1-4,9-10H,5-6H2/t9-,10+/m0/s1. The molecule has 0 unspecified atom stereocenters. The van der Waals surface area contributed by atoms with Crippen LogP contribution in [-0.2, 0) is 9.84 Å². The summed E-state index contributed by atoms with van der Waals surface area (Å²) in [5.41, 5.74) is 0.678. The molecular weight excluding hydrogens is 328 g/mol. The van der Waals surface area contributed by atoms with Gasteiger partial charge in [-0.15, -0.1) is 5.10 Å². The molecule has 0 spiro atoms. The molecule has 2 aliphatic rings. The maximum Gasteiger partial charge on any atom is 0.269 e. The first-order valence-corrected chi connectivity index (χ1v) is 9.21. The van der Waals surface area contributed by atoms with Crippen molar-refractivity contribution in [3.63, 3.8) is 0 Å². The molecule has 0 aliphatic carbocycles. The van der Waals surface area contributed by atoms with Crippen LogP contribution in [0.2, 0.25) is 0 Å². The second kappa shape index (κ2) is 4.53. The van der Waals surface area contributed by atoms with E-state index in [4.69, 9.17) is 0 Å². The number of non-ortho nitro benzene ring substituents is 1. The van der Waals surface area contributed by atoms with Crippen LogP contribution >= 0.6 is 11.8 Å². The van der Waals surface area contributed by atoms with Crippen LogP contribution in [-0.4, -0.2) is 44.9 Å². The molecule has 0 bridgehead atoms. The number of nitro groups is 1. The first-order valence-electron chi connectivity index (χ1n) is 6.51. The lowest BCUT2D eigenvalue weighted by Gasteiger charge is -2.06. The summed E-state index contributed by atoms with van der Waals surface area (Å²) in [6.45, 7) is 0. The molecule has 1 fully saturated rings. The normalized spacial score (nSPS) is 24.9. The molecule has 0 amide bonds. The van der Waals surface area contributed by atoms with Crippen molar-refractivity contribution in [1.29, 1.82) is 0 Å². The number of thioether (sulfide) groups is 1. The Balaban J connectivity index is 1.67. The highest BCUT2D eigenvalue weighted by Gasteiger charge is 2.46. The van der Waals surface area contributed by atoms with Crippen molar-refractivity contribution in [2.45, 2.75) is 16.4 Å². The van der Waals surface area contributed by atoms with Gasteiger partial charge in [-0.05, 0) is 12.1 Å². The third-order valence-corrected chi connectivity index (χ3v) is 6.98. The topological polar surface area (TPSA) is 108 Å². The van der Waals surface area contributed by atoms with Gasteiger partial charge in [-0.2, -0.15) is 0 Å². The Bertz CT molecular complexity index is 875. The number of hydrogen-bond donors (Lipinski definition) is 0. The van der Waals surface area contributed by atoms with Crippen molar-refractivity contribution in [3.8, 4) is 11.4 Å². The van der Waals surface area contributed by atoms with E-state index in [1.807, 2.05) is 0 Å². The minimum absolute atomic E-state index is 0.00632. The fraction of sp³-hybridized carbons (Fsp3) is 0.333. The lowest BCUT2D eigenvalue weighted by molar-refractivity contribution is -0.384. The average molecular weight is 338 g/mol. The van der Waals surface area contributed by atoms with Gasteiger partial charge in [0.1, 0.15) is 0 Å². The largest absolute Gasteiger partial charge is 0.269 e. The van der Waals surface area contributed by atoms with Crippen molar-refractivity contribution in [2.75, 3.05) is 11.5 Å². The van der Waals surface area contributed by atoms with Crippen molar-refractivity contribution in [3.05, 3.63) is 34.4 Å². The maximum absolute atomic E-state index is 11.7. The first-order chi connectivity index (χ1) is 10.4. The monoisotopic (exact) mass is 338 g/mol. The highest BCUT2D eigenvalue weighted by atomic mass is 32.2. The fourth-order valence-corrected chi connectivity index (χ4v) is 6.56. The number of fused-ring (bicyclic) bond motifs is 3. The van der Waals surface area contributed by atoms with E-state index < -0.39 is 14.8 Å². The predicted molar refractivity (Wildman–Crippen MR) is 79.4 cm³/mol. The molecule has 1 aromatic heterocycles. The Labute approximate surface area is 129 Å². The van der Waals surface area contributed by atoms with E-state index in [0.717, 1.165) is 0 Å². The molecule has 4 rings (SSSR count). The van der Waals surface area contributed by atoms with Gasteiger partial charge in [-0.3, -0.25) is 10.1 Å². The summed E-state index contributed by atoms with van der Waals surface area (Å²) >= 11 is 1.43. The van der Waals surface area contributed by atoms with Crippen molar-refractivity contribution < 1.29 is 13.3 Å². The van der Waals surface area contributed by atoms with Crippen molar-refractivity contribution in [2.24, 2.45) is 0 Å². The average Bonchev–Trinajstić information content (AvgIpc) is 3.07. The second-order valence-electron chi connectivity index (χ2n) is 5.27. The van der Waals surface area contributed by atoms with Crippen LogP contribution in [0.3, 0.4) is 0 Å². The summed E-state index contributed by atoms with van der Waals surface area (Å²) in [6, 6.07) is 5.83. The van der Waals surface area contributed by atoms with Crippen LogP contribution in [0.4, 0.5) is 5.69 Å². The van der Waals surface area contributed by atoms with Crippen LogP contribution in [0.5, 0.6) is 0 Å². The van der Waals surface area contributed by atoms with Gasteiger partial charge in [-0.1, -0.05) is 11.8 Å². The van der Waals surface area contributed by atoms with E-state index in [1.165, 1.54) is 23.9 Å². The molecule has 0 N–H and O–H groups in total. The van der Waals surface area contributed by atoms with E-state index in [2.05, 4.69) is 10.1 Å². The van der Waals surface area contributed by atoms with Gasteiger partial charge in [0.05, 0.1) is 27.7 Å². The van der Waals surface area contributed by atoms with Crippen LogP contribution in [0.15, 0.2) is 29.4 Å². The quantitative estimate of drug-likeness (QED) is 0.600. The zero-order valence-corrected chi connectivity index (χ0v) is 12.7. The number of nitrogens with zero attached hydrogens (tertiary/aromatic N) is 4. The van der Waals surface area contributed by atoms with Gasteiger partial charge in [-0.25, -0.2) is 18.1 Å². The molecule has 10 heteroatoms. The highest BCUT2D eigenvalue weighted by molar-refractivity contribution is 8.02. The van der Waals surface area contributed by atoms with Gasteiger partial charge in [0.15, 0.2) is 20.8 Å². The van der Waals surface area contributed by atoms with Crippen LogP contribution in [0, 0.1) is 10.1 Å². The molecule has 3 heterocycles. The molecule has 8 nitrogen and oxygen atoms in total. The molecule has 2 aromatic rings. The van der Waals surface area contributed by atoms with E-state index in [-0.39, 0.29) is 28.5 Å². The predicted octanol–water partition coefficient (Wildman–Crippen LogP) is 1.30. The minimum Gasteiger partial charge on any atom is -0.258 e. The third kappa shape index (κ3) is 2.10. The molecule has 2 atom stereocenters. The number of hydrogen-bond acceptors (Lipinski definition) is 7. The summed E-state index contributed by atoms with van der Waals surface area (Å²) in [4.78, 5) is 14.6. The van der Waals surface area contributed by atoms with Crippen LogP contribution in [0.1, 0.15) is 6.04 Å². The summed E-state index contributed by atoms with van der Waals surface area (Å²) in [5.74, 6) is 0.723. The number of sulfone groups is 1. The van der Waals surface area contributed by atoms with Crippen LogP contribution in [0.25, 0.3) is 11.4 Å². The Morgan fingerprint density at radius 1 is 1.27 bits per heavy atom. The summed E-state index contributed by atoms with van der Waals surface area (Å²) in [6.07, 6.45) is 0. The van der Waals surface area contributed by atoms with Gasteiger partial charge < -0.3 is 0 Å². The first kappa shape index (κ1) is 13.7. The summed E-state index contributed by atoms with van der Waals surface area (Å²) in [7, 11) is -3.00. The second-order valence-corrected chi connectivity index (χ2v) is 8.63. The molecule has 1 aromatic carbocycles. The van der Waals surface area contributed by atoms with Crippen LogP contribution < -0.4 is 0 Å². The minimum atomic E-state index is -3.00. The van der Waals surface area contributed by atoms with Gasteiger partial charge in [0, 0.05) is 17.7 Å². The van der Waals surface area contributed by atoms with E-state index in [0.29, 0.717) is 16.5 Å². The number of nitro benzene ring substituents is 1. The Morgan fingerprint density at radius 2 is 2.00 bits per heavy atom. The molecule has 0 saturated carbocycles. The number of aromatic nitrogens is 3. The van der Waals surface area contributed by atoms with Gasteiger partial charge in [0.25, 0.3) is 5.69 Å². The highest BCUT2D eigenvalue weighted by Crippen LogP contribution is 2.44. The molecule has 2 aliphatic heterocycles. The molecule has 22 heavy (non-hydrogen) atoms. The molecule has 0 radical (unpaired) electrons. The maximum atomic E-state index is 11.7. The molecule has 114 valence electrons. The van der Waals surface area contributed by atoms with Gasteiger partial charge in [0.2, 0.25) is 0 Å². The lowest BCUT2D eigenvalue weighted by atomic mass is 10.2. The van der Waals surface area contributed by atoms with E-state index in [1.54, 1.807) is 16.8 Å².